The van der Waals surface area contributed by atoms with Gasteiger partial charge in [0, 0.05) is 18.6 Å². The Hall–Kier alpha value is -1.04. The number of piperidine rings is 1. The van der Waals surface area contributed by atoms with Gasteiger partial charge in [0.1, 0.15) is 0 Å². The van der Waals surface area contributed by atoms with Crippen LogP contribution in [0.4, 0.5) is 0 Å². The first-order chi connectivity index (χ1) is 11.1. The molecule has 1 aromatic carbocycles. The van der Waals surface area contributed by atoms with E-state index in [1.165, 1.54) is 5.56 Å². The van der Waals surface area contributed by atoms with Crippen molar-refractivity contribution >= 4 is 18.7 Å². The van der Waals surface area contributed by atoms with Crippen LogP contribution < -0.4 is 5.32 Å². The van der Waals surface area contributed by atoms with E-state index < -0.39 is 0 Å². The smallest absolute Gasteiger partial charge is 0.237 e. The van der Waals surface area contributed by atoms with E-state index in [4.69, 9.17) is 0 Å². The summed E-state index contributed by atoms with van der Waals surface area (Å²) < 4.78 is 2.05. The van der Waals surface area contributed by atoms with E-state index >= 15 is 0 Å². The molecular weight excluding hydrogens is 306 g/mol. The molecule has 1 atom stereocenters. The fourth-order valence-electron chi connectivity index (χ4n) is 3.84. The predicted molar refractivity (Wildman–Crippen MR) is 96.5 cm³/mol. The molecule has 1 unspecified atom stereocenters. The van der Waals surface area contributed by atoms with Gasteiger partial charge in [0.05, 0.1) is 6.04 Å². The summed E-state index contributed by atoms with van der Waals surface area (Å²) >= 11 is 4.47. The van der Waals surface area contributed by atoms with Crippen LogP contribution in [0.2, 0.25) is 0 Å². The van der Waals surface area contributed by atoms with E-state index in [-0.39, 0.29) is 17.5 Å². The molecule has 2 heterocycles. The first-order valence-electron chi connectivity index (χ1n) is 8.58. The van der Waals surface area contributed by atoms with Crippen molar-refractivity contribution in [1.82, 2.24) is 14.5 Å². The molecule has 2 aliphatic rings. The van der Waals surface area contributed by atoms with Crippen molar-refractivity contribution in [3.8, 4) is 0 Å². The van der Waals surface area contributed by atoms with Gasteiger partial charge in [0.2, 0.25) is 5.91 Å². The lowest BCUT2D eigenvalue weighted by Gasteiger charge is -2.42. The van der Waals surface area contributed by atoms with Gasteiger partial charge in [0.15, 0.2) is 0 Å². The van der Waals surface area contributed by atoms with Crippen molar-refractivity contribution in [2.24, 2.45) is 0 Å². The van der Waals surface area contributed by atoms with Gasteiger partial charge in [-0.15, -0.1) is 0 Å². The van der Waals surface area contributed by atoms with Crippen molar-refractivity contribution in [2.45, 2.75) is 43.7 Å². The molecule has 0 bridgehead atoms. The second-order valence-electron chi connectivity index (χ2n) is 7.02. The second kappa shape index (κ2) is 7.24. The van der Waals surface area contributed by atoms with Gasteiger partial charge < -0.3 is 5.32 Å². The maximum Gasteiger partial charge on any atom is 0.237 e. The molecule has 0 spiro atoms. The highest BCUT2D eigenvalue weighted by Crippen LogP contribution is 2.28. The summed E-state index contributed by atoms with van der Waals surface area (Å²) in [7, 11) is 2.05. The Labute approximate surface area is 144 Å². The molecule has 126 valence electrons. The molecular formula is C18H27N3OS. The Morgan fingerprint density at radius 2 is 1.96 bits per heavy atom. The number of likely N-dealkylation sites (tertiary alicyclic amines) is 1. The molecule has 1 aromatic rings. The van der Waals surface area contributed by atoms with E-state index in [0.29, 0.717) is 0 Å². The van der Waals surface area contributed by atoms with Crippen LogP contribution in [0, 0.1) is 0 Å². The molecule has 1 N–H and O–H groups in total. The van der Waals surface area contributed by atoms with Crippen LogP contribution in [0.5, 0.6) is 0 Å². The number of hydrogen-bond acceptors (Lipinski definition) is 4. The van der Waals surface area contributed by atoms with Gasteiger partial charge in [-0.1, -0.05) is 43.1 Å². The van der Waals surface area contributed by atoms with Crippen LogP contribution in [-0.4, -0.2) is 53.4 Å². The van der Waals surface area contributed by atoms with Gasteiger partial charge >= 0.3 is 0 Å². The highest BCUT2D eigenvalue weighted by Gasteiger charge is 2.38. The summed E-state index contributed by atoms with van der Waals surface area (Å²) in [5.41, 5.74) is 1.15. The number of likely N-dealkylation sites (N-methyl/N-ethyl adjacent to an activating group) is 1. The molecule has 0 saturated carbocycles. The van der Waals surface area contributed by atoms with E-state index in [9.17, 15) is 4.79 Å². The Morgan fingerprint density at radius 3 is 2.57 bits per heavy atom. The van der Waals surface area contributed by atoms with Crippen LogP contribution in [0.1, 0.15) is 31.2 Å². The van der Waals surface area contributed by atoms with Gasteiger partial charge in [-0.2, -0.15) is 0 Å². The van der Waals surface area contributed by atoms with Crippen LogP contribution in [0.3, 0.4) is 0 Å². The van der Waals surface area contributed by atoms with Gasteiger partial charge in [-0.3, -0.25) is 14.0 Å². The lowest BCUT2D eigenvalue weighted by atomic mass is 9.82. The summed E-state index contributed by atoms with van der Waals surface area (Å²) in [5, 5.41) is 3.43. The minimum absolute atomic E-state index is 0.0386. The second-order valence-corrected chi connectivity index (χ2v) is 7.59. The Kier molecular flexibility index (Phi) is 5.29. The fraction of sp³-hybridized carbons (Fsp3) is 0.611. The van der Waals surface area contributed by atoms with Crippen molar-refractivity contribution in [3.63, 3.8) is 0 Å². The lowest BCUT2D eigenvalue weighted by molar-refractivity contribution is -0.127. The standard InChI is InChI=1S/C18H27N3OS/c1-20-11-5-8-16(20)17(22)19-18(9-12-21(23)13-10-18)14-15-6-3-2-4-7-15/h2-4,6-7,16,23H,5,8-14H2,1H3,(H,19,22). The van der Waals surface area contributed by atoms with Crippen LogP contribution in [0.25, 0.3) is 0 Å². The minimum atomic E-state index is -0.138. The molecule has 4 nitrogen and oxygen atoms in total. The number of nitrogens with one attached hydrogen (secondary N) is 1. The number of thiol groups is 1. The third-order valence-corrected chi connectivity index (χ3v) is 5.69. The van der Waals surface area contributed by atoms with E-state index in [1.54, 1.807) is 0 Å². The number of rotatable bonds is 4. The highest BCUT2D eigenvalue weighted by molar-refractivity contribution is 7.77. The van der Waals surface area contributed by atoms with Gasteiger partial charge in [0.25, 0.3) is 0 Å². The van der Waals surface area contributed by atoms with Crippen molar-refractivity contribution in [1.29, 1.82) is 0 Å². The predicted octanol–water partition coefficient (Wildman–Crippen LogP) is 2.12. The maximum atomic E-state index is 12.8. The topological polar surface area (TPSA) is 35.6 Å². The Morgan fingerprint density at radius 1 is 1.26 bits per heavy atom. The largest absolute Gasteiger partial charge is 0.349 e. The molecule has 0 radical (unpaired) electrons. The number of carbonyl (C=O) groups is 1. The van der Waals surface area contributed by atoms with E-state index in [0.717, 1.165) is 51.7 Å². The first kappa shape index (κ1) is 16.8. The van der Waals surface area contributed by atoms with E-state index in [1.807, 2.05) is 6.07 Å². The average Bonchev–Trinajstić information content (AvgIpc) is 2.98. The molecule has 1 amide bonds. The zero-order chi connectivity index (χ0) is 16.3. The lowest BCUT2D eigenvalue weighted by Crippen LogP contribution is -2.58. The molecule has 2 fully saturated rings. The number of carbonyl (C=O) groups excluding carboxylic acids is 1. The SMILES string of the molecule is CN1CCCC1C(=O)NC1(Cc2ccccc2)CCN(S)CC1. The van der Waals surface area contributed by atoms with Crippen molar-refractivity contribution in [3.05, 3.63) is 35.9 Å². The summed E-state index contributed by atoms with van der Waals surface area (Å²) in [4.78, 5) is 15.0. The summed E-state index contributed by atoms with van der Waals surface area (Å²) in [6, 6.07) is 10.5. The summed E-state index contributed by atoms with van der Waals surface area (Å²) in [6.07, 6.45) is 4.89. The summed E-state index contributed by atoms with van der Waals surface area (Å²) in [5.74, 6) is 0.202. The first-order valence-corrected chi connectivity index (χ1v) is 8.98. The highest BCUT2D eigenvalue weighted by atomic mass is 32.1. The average molecular weight is 334 g/mol. The van der Waals surface area contributed by atoms with E-state index in [2.05, 4.69) is 58.6 Å². The Bertz CT molecular complexity index is 528. The number of amides is 1. The summed E-state index contributed by atoms with van der Waals surface area (Å²) in [6.45, 7) is 2.85. The number of hydrogen-bond donors (Lipinski definition) is 2. The van der Waals surface area contributed by atoms with Gasteiger partial charge in [-0.05, 0) is 51.3 Å². The molecule has 23 heavy (non-hydrogen) atoms. The van der Waals surface area contributed by atoms with Crippen LogP contribution >= 0.6 is 12.8 Å². The molecule has 2 aliphatic heterocycles. The van der Waals surface area contributed by atoms with Crippen molar-refractivity contribution < 1.29 is 4.79 Å². The zero-order valence-electron chi connectivity index (χ0n) is 13.9. The quantitative estimate of drug-likeness (QED) is 0.829. The number of nitrogens with zero attached hydrogens (tertiary/aromatic N) is 2. The molecule has 3 rings (SSSR count). The normalized spacial score (nSPS) is 25.4. The molecule has 0 aliphatic carbocycles. The number of benzene rings is 1. The zero-order valence-corrected chi connectivity index (χ0v) is 14.8. The molecule has 5 heteroatoms. The monoisotopic (exact) mass is 333 g/mol. The van der Waals surface area contributed by atoms with Crippen molar-refractivity contribution in [2.75, 3.05) is 26.7 Å². The molecule has 2 saturated heterocycles. The van der Waals surface area contributed by atoms with Crippen LogP contribution in [-0.2, 0) is 11.2 Å². The minimum Gasteiger partial charge on any atom is -0.349 e. The van der Waals surface area contributed by atoms with Gasteiger partial charge in [-0.25, -0.2) is 0 Å². The third kappa shape index (κ3) is 4.08. The third-order valence-electron chi connectivity index (χ3n) is 5.29. The Balaban J connectivity index is 1.74. The molecule has 0 aromatic heterocycles. The fourth-order valence-corrected chi connectivity index (χ4v) is 4.04. The van der Waals surface area contributed by atoms with Crippen LogP contribution in [0.15, 0.2) is 30.3 Å². The maximum absolute atomic E-state index is 12.8.